The van der Waals surface area contributed by atoms with Gasteiger partial charge in [0.05, 0.1) is 7.11 Å². The topological polar surface area (TPSA) is 68.6 Å². The molecule has 1 saturated heterocycles. The number of hydrogen-bond donors (Lipinski definition) is 0. The number of aromatic nitrogens is 1. The Balaban J connectivity index is 2.02. The lowest BCUT2D eigenvalue weighted by molar-refractivity contribution is 0.0598. The second kappa shape index (κ2) is 7.51. The molecule has 136 valence electrons. The number of hydrogen-bond acceptors (Lipinski definition) is 4. The van der Waals surface area contributed by atoms with Crippen molar-refractivity contribution >= 4 is 11.9 Å². The van der Waals surface area contributed by atoms with Gasteiger partial charge in [-0.1, -0.05) is 12.1 Å². The van der Waals surface area contributed by atoms with Crippen LogP contribution in [-0.2, 0) is 11.3 Å². The summed E-state index contributed by atoms with van der Waals surface area (Å²) in [5.74, 6) is -1.53. The van der Waals surface area contributed by atoms with E-state index in [1.807, 2.05) is 0 Å². The molecule has 2 heterocycles. The van der Waals surface area contributed by atoms with Crippen molar-refractivity contribution in [3.8, 4) is 0 Å². The van der Waals surface area contributed by atoms with Crippen molar-refractivity contribution in [2.75, 3.05) is 20.2 Å². The number of nitrogens with zero attached hydrogens (tertiary/aromatic N) is 2. The summed E-state index contributed by atoms with van der Waals surface area (Å²) in [6.45, 7) is 1.47. The zero-order chi connectivity index (χ0) is 18.7. The fourth-order valence-corrected chi connectivity index (χ4v) is 3.02. The van der Waals surface area contributed by atoms with E-state index in [4.69, 9.17) is 0 Å². The molecular formula is C19H19FN2O4. The Kier molecular flexibility index (Phi) is 5.16. The number of esters is 1. The normalized spacial score (nSPS) is 13.7. The Morgan fingerprint density at radius 3 is 2.31 bits per heavy atom. The summed E-state index contributed by atoms with van der Waals surface area (Å²) in [6, 6.07) is 5.87. The van der Waals surface area contributed by atoms with Crippen molar-refractivity contribution < 1.29 is 18.7 Å². The zero-order valence-corrected chi connectivity index (χ0v) is 14.4. The maximum atomic E-state index is 13.1. The molecule has 26 heavy (non-hydrogen) atoms. The standard InChI is InChI=1S/C19H19FN2O4/c1-26-19(25)16-12-21(10-13-4-6-14(20)7-5-13)11-15(17(16)23)18(24)22-8-2-3-9-22/h4-7,11-12H,2-3,8-10H2,1H3. The number of methoxy groups -OCH3 is 1. The third-order valence-electron chi connectivity index (χ3n) is 4.39. The van der Waals surface area contributed by atoms with E-state index in [2.05, 4.69) is 4.74 Å². The highest BCUT2D eigenvalue weighted by Crippen LogP contribution is 2.13. The number of likely N-dealkylation sites (tertiary alicyclic amines) is 1. The first-order chi connectivity index (χ1) is 12.5. The number of benzene rings is 1. The van der Waals surface area contributed by atoms with Crippen molar-refractivity contribution in [3.05, 3.63) is 69.4 Å². The van der Waals surface area contributed by atoms with Gasteiger partial charge < -0.3 is 14.2 Å². The van der Waals surface area contributed by atoms with Crippen molar-refractivity contribution in [1.82, 2.24) is 9.47 Å². The predicted octanol–water partition coefficient (Wildman–Crippen LogP) is 2.06. The van der Waals surface area contributed by atoms with Crippen LogP contribution in [0.15, 0.2) is 41.5 Å². The lowest BCUT2D eigenvalue weighted by atomic mass is 10.1. The fourth-order valence-electron chi connectivity index (χ4n) is 3.02. The summed E-state index contributed by atoms with van der Waals surface area (Å²) in [5, 5.41) is 0. The zero-order valence-electron chi connectivity index (χ0n) is 14.4. The van der Waals surface area contributed by atoms with Crippen molar-refractivity contribution in [1.29, 1.82) is 0 Å². The quantitative estimate of drug-likeness (QED) is 0.785. The maximum absolute atomic E-state index is 13.1. The van der Waals surface area contributed by atoms with Crippen LogP contribution in [0.5, 0.6) is 0 Å². The lowest BCUT2D eigenvalue weighted by Gasteiger charge is -2.17. The Morgan fingerprint density at radius 2 is 1.69 bits per heavy atom. The van der Waals surface area contributed by atoms with E-state index in [-0.39, 0.29) is 29.4 Å². The molecule has 1 aromatic carbocycles. The summed E-state index contributed by atoms with van der Waals surface area (Å²) in [4.78, 5) is 38.9. The highest BCUT2D eigenvalue weighted by Gasteiger charge is 2.25. The number of pyridine rings is 1. The lowest BCUT2D eigenvalue weighted by Crippen LogP contribution is -2.34. The predicted molar refractivity (Wildman–Crippen MR) is 92.7 cm³/mol. The number of ether oxygens (including phenoxy) is 1. The number of carbonyl (C=O) groups is 2. The minimum atomic E-state index is -0.793. The Labute approximate surface area is 149 Å². The number of halogens is 1. The smallest absolute Gasteiger partial charge is 0.343 e. The van der Waals surface area contributed by atoms with E-state index in [1.165, 1.54) is 31.6 Å². The maximum Gasteiger partial charge on any atom is 0.343 e. The third-order valence-corrected chi connectivity index (χ3v) is 4.39. The third kappa shape index (κ3) is 3.66. The van der Waals surface area contributed by atoms with Gasteiger partial charge in [0.25, 0.3) is 5.91 Å². The Hall–Kier alpha value is -2.96. The molecular weight excluding hydrogens is 339 g/mol. The van der Waals surface area contributed by atoms with Crippen molar-refractivity contribution in [2.45, 2.75) is 19.4 Å². The second-order valence-corrected chi connectivity index (χ2v) is 6.20. The average Bonchev–Trinajstić information content (AvgIpc) is 3.18. The molecule has 0 radical (unpaired) electrons. The summed E-state index contributed by atoms with van der Waals surface area (Å²) in [5.41, 5.74) is -0.119. The molecule has 0 unspecified atom stereocenters. The molecule has 0 aliphatic carbocycles. The van der Waals surface area contributed by atoms with E-state index in [0.29, 0.717) is 13.1 Å². The molecule has 0 saturated carbocycles. The molecule has 6 nitrogen and oxygen atoms in total. The highest BCUT2D eigenvalue weighted by atomic mass is 19.1. The van der Waals surface area contributed by atoms with Crippen LogP contribution in [-0.4, -0.2) is 41.5 Å². The molecule has 1 aliphatic heterocycles. The molecule has 1 amide bonds. The average molecular weight is 358 g/mol. The van der Waals surface area contributed by atoms with Gasteiger partial charge >= 0.3 is 5.97 Å². The molecule has 1 fully saturated rings. The van der Waals surface area contributed by atoms with E-state index in [9.17, 15) is 18.8 Å². The van der Waals surface area contributed by atoms with Crippen LogP contribution >= 0.6 is 0 Å². The van der Waals surface area contributed by atoms with Crippen LogP contribution in [0.1, 0.15) is 39.1 Å². The van der Waals surface area contributed by atoms with Gasteiger partial charge in [-0.2, -0.15) is 0 Å². The van der Waals surface area contributed by atoms with E-state index in [1.54, 1.807) is 21.6 Å². The van der Waals surface area contributed by atoms with Crippen molar-refractivity contribution in [3.63, 3.8) is 0 Å². The molecule has 1 aliphatic rings. The number of rotatable bonds is 4. The molecule has 1 aromatic heterocycles. The van der Waals surface area contributed by atoms with Gasteiger partial charge in [0.15, 0.2) is 0 Å². The molecule has 0 spiro atoms. The molecule has 7 heteroatoms. The van der Waals surface area contributed by atoms with Crippen molar-refractivity contribution in [2.24, 2.45) is 0 Å². The van der Waals surface area contributed by atoms with Crippen LogP contribution in [0.2, 0.25) is 0 Å². The first-order valence-electron chi connectivity index (χ1n) is 8.35. The minimum absolute atomic E-state index is 0.0584. The van der Waals surface area contributed by atoms with Gasteiger partial charge in [0.1, 0.15) is 16.9 Å². The summed E-state index contributed by atoms with van der Waals surface area (Å²) < 4.78 is 19.3. The van der Waals surface area contributed by atoms with Gasteiger partial charge in [-0.3, -0.25) is 9.59 Å². The number of amides is 1. The second-order valence-electron chi connectivity index (χ2n) is 6.20. The van der Waals surface area contributed by atoms with Crippen LogP contribution < -0.4 is 5.43 Å². The van der Waals surface area contributed by atoms with Crippen LogP contribution in [0, 0.1) is 5.82 Å². The molecule has 2 aromatic rings. The largest absolute Gasteiger partial charge is 0.465 e. The molecule has 3 rings (SSSR count). The van der Waals surface area contributed by atoms with Gasteiger partial charge in [-0.05, 0) is 30.5 Å². The van der Waals surface area contributed by atoms with E-state index < -0.39 is 11.4 Å². The van der Waals surface area contributed by atoms with Crippen LogP contribution in [0.3, 0.4) is 0 Å². The van der Waals surface area contributed by atoms with Gasteiger partial charge in [-0.25, -0.2) is 9.18 Å². The fraction of sp³-hybridized carbons (Fsp3) is 0.316. The summed E-state index contributed by atoms with van der Waals surface area (Å²) in [7, 11) is 1.18. The first-order valence-corrected chi connectivity index (χ1v) is 8.35. The van der Waals surface area contributed by atoms with E-state index >= 15 is 0 Å². The number of carbonyl (C=O) groups excluding carboxylic acids is 2. The molecule has 0 bridgehead atoms. The summed E-state index contributed by atoms with van der Waals surface area (Å²) >= 11 is 0. The first kappa shape index (κ1) is 17.8. The van der Waals surface area contributed by atoms with Crippen LogP contribution in [0.4, 0.5) is 4.39 Å². The van der Waals surface area contributed by atoms with Gasteiger partial charge in [0.2, 0.25) is 5.43 Å². The Bertz CT molecular complexity index is 883. The Morgan fingerprint density at radius 1 is 1.08 bits per heavy atom. The van der Waals surface area contributed by atoms with Gasteiger partial charge in [0, 0.05) is 32.0 Å². The van der Waals surface area contributed by atoms with Crippen LogP contribution in [0.25, 0.3) is 0 Å². The minimum Gasteiger partial charge on any atom is -0.465 e. The molecule has 0 N–H and O–H groups in total. The molecule has 0 atom stereocenters. The van der Waals surface area contributed by atoms with Gasteiger partial charge in [-0.15, -0.1) is 0 Å². The highest BCUT2D eigenvalue weighted by molar-refractivity contribution is 5.97. The SMILES string of the molecule is COC(=O)c1cn(Cc2ccc(F)cc2)cc(C(=O)N2CCCC2)c1=O. The monoisotopic (exact) mass is 358 g/mol. The summed E-state index contributed by atoms with van der Waals surface area (Å²) in [6.07, 6.45) is 4.59. The van der Waals surface area contributed by atoms with E-state index in [0.717, 1.165) is 18.4 Å².